The van der Waals surface area contributed by atoms with E-state index in [9.17, 15) is 9.59 Å². The number of carboxylic acids is 1. The van der Waals surface area contributed by atoms with Crippen molar-refractivity contribution < 1.29 is 14.7 Å². The van der Waals surface area contributed by atoms with E-state index >= 15 is 0 Å². The lowest BCUT2D eigenvalue weighted by molar-refractivity contribution is -0.138. The number of nitrogens with zero attached hydrogens (tertiary/aromatic N) is 2. The Morgan fingerprint density at radius 2 is 2.15 bits per heavy atom. The molecule has 1 aromatic heterocycles. The van der Waals surface area contributed by atoms with Crippen molar-refractivity contribution in [1.82, 2.24) is 9.47 Å². The van der Waals surface area contributed by atoms with Gasteiger partial charge in [0, 0.05) is 26.6 Å². The van der Waals surface area contributed by atoms with Gasteiger partial charge in [-0.25, -0.2) is 0 Å². The van der Waals surface area contributed by atoms with E-state index in [1.807, 2.05) is 0 Å². The van der Waals surface area contributed by atoms with Gasteiger partial charge in [-0.15, -0.1) is 0 Å². The van der Waals surface area contributed by atoms with E-state index in [4.69, 9.17) is 28.3 Å². The molecule has 1 N–H and O–H groups in total. The van der Waals surface area contributed by atoms with Crippen LogP contribution in [0, 0.1) is 5.92 Å². The number of hydrogen-bond acceptors (Lipinski definition) is 2. The summed E-state index contributed by atoms with van der Waals surface area (Å²) in [7, 11) is 1.68. The highest BCUT2D eigenvalue weighted by atomic mass is 35.5. The predicted octanol–water partition coefficient (Wildman–Crippen LogP) is 2.66. The standard InChI is InChI=1S/C13H16Cl2N2O3/c1-16-10(6-9(14)12(16)15)13(20)17-4-2-3-8(7-17)5-11(18)19/h6,8H,2-5,7H2,1H3,(H,18,19). The van der Waals surface area contributed by atoms with Crippen LogP contribution in [0.4, 0.5) is 0 Å². The van der Waals surface area contributed by atoms with Crippen molar-refractivity contribution in [3.8, 4) is 0 Å². The Kier molecular flexibility index (Phi) is 4.60. The molecule has 5 nitrogen and oxygen atoms in total. The molecule has 0 saturated carbocycles. The van der Waals surface area contributed by atoms with Crippen molar-refractivity contribution in [3.05, 3.63) is 21.9 Å². The Bertz CT molecular complexity index is 542. The average molecular weight is 319 g/mol. The summed E-state index contributed by atoms with van der Waals surface area (Å²) in [4.78, 5) is 24.9. The van der Waals surface area contributed by atoms with Gasteiger partial charge < -0.3 is 14.6 Å². The molecule has 1 amide bonds. The van der Waals surface area contributed by atoms with Crippen molar-refractivity contribution in [2.75, 3.05) is 13.1 Å². The molecule has 0 radical (unpaired) electrons. The van der Waals surface area contributed by atoms with E-state index in [0.717, 1.165) is 12.8 Å². The van der Waals surface area contributed by atoms with E-state index < -0.39 is 5.97 Å². The highest BCUT2D eigenvalue weighted by Crippen LogP contribution is 2.27. The second kappa shape index (κ2) is 6.06. The third kappa shape index (κ3) is 3.10. The predicted molar refractivity (Wildman–Crippen MR) is 76.3 cm³/mol. The van der Waals surface area contributed by atoms with Crippen LogP contribution in [0.15, 0.2) is 6.07 Å². The van der Waals surface area contributed by atoms with Gasteiger partial charge in [0.25, 0.3) is 5.91 Å². The zero-order valence-electron chi connectivity index (χ0n) is 11.1. The molecule has 1 aromatic rings. The van der Waals surface area contributed by atoms with Crippen LogP contribution in [-0.4, -0.2) is 39.5 Å². The first kappa shape index (κ1) is 15.2. The number of halogens is 2. The van der Waals surface area contributed by atoms with Gasteiger partial charge in [0.1, 0.15) is 10.8 Å². The fraction of sp³-hybridized carbons (Fsp3) is 0.538. The topological polar surface area (TPSA) is 62.5 Å². The largest absolute Gasteiger partial charge is 0.481 e. The zero-order valence-corrected chi connectivity index (χ0v) is 12.6. The quantitative estimate of drug-likeness (QED) is 0.931. The number of piperidine rings is 1. The molecule has 20 heavy (non-hydrogen) atoms. The fourth-order valence-corrected chi connectivity index (χ4v) is 2.95. The van der Waals surface area contributed by atoms with Crippen molar-refractivity contribution in [1.29, 1.82) is 0 Å². The minimum absolute atomic E-state index is 0.0106. The maximum absolute atomic E-state index is 12.5. The van der Waals surface area contributed by atoms with Crippen molar-refractivity contribution in [3.63, 3.8) is 0 Å². The van der Waals surface area contributed by atoms with Gasteiger partial charge in [-0.2, -0.15) is 0 Å². The van der Waals surface area contributed by atoms with Crippen LogP contribution in [0.1, 0.15) is 29.8 Å². The van der Waals surface area contributed by atoms with Crippen molar-refractivity contribution in [2.24, 2.45) is 13.0 Å². The molecule has 0 aliphatic carbocycles. The first-order valence-electron chi connectivity index (χ1n) is 6.42. The SMILES string of the molecule is Cn1c(C(=O)N2CCCC(CC(=O)O)C2)cc(Cl)c1Cl. The van der Waals surface area contributed by atoms with Crippen LogP contribution in [0.2, 0.25) is 10.2 Å². The normalized spacial score (nSPS) is 19.1. The molecule has 2 rings (SSSR count). The summed E-state index contributed by atoms with van der Waals surface area (Å²) >= 11 is 11.9. The van der Waals surface area contributed by atoms with Crippen LogP contribution in [0.3, 0.4) is 0 Å². The number of rotatable bonds is 3. The van der Waals surface area contributed by atoms with Crippen molar-refractivity contribution >= 4 is 35.1 Å². The summed E-state index contributed by atoms with van der Waals surface area (Å²) in [6, 6.07) is 1.55. The molecule has 7 heteroatoms. The number of aliphatic carboxylic acids is 1. The molecular formula is C13H16Cl2N2O3. The van der Waals surface area contributed by atoms with Gasteiger partial charge >= 0.3 is 5.97 Å². The number of carbonyl (C=O) groups excluding carboxylic acids is 1. The van der Waals surface area contributed by atoms with Crippen molar-refractivity contribution in [2.45, 2.75) is 19.3 Å². The van der Waals surface area contributed by atoms with E-state index in [-0.39, 0.29) is 18.2 Å². The molecule has 1 aliphatic rings. The third-order valence-electron chi connectivity index (χ3n) is 3.60. The lowest BCUT2D eigenvalue weighted by Gasteiger charge is -2.32. The molecule has 1 aliphatic heterocycles. The summed E-state index contributed by atoms with van der Waals surface area (Å²) in [6.07, 6.45) is 1.75. The molecule has 1 saturated heterocycles. The van der Waals surface area contributed by atoms with Gasteiger partial charge in [-0.05, 0) is 24.8 Å². The van der Waals surface area contributed by atoms with E-state index in [0.29, 0.717) is 29.0 Å². The third-order valence-corrected chi connectivity index (χ3v) is 4.45. The van der Waals surface area contributed by atoms with Gasteiger partial charge in [0.15, 0.2) is 0 Å². The molecule has 1 unspecified atom stereocenters. The highest BCUT2D eigenvalue weighted by molar-refractivity contribution is 6.41. The van der Waals surface area contributed by atoms with Gasteiger partial charge in [-0.1, -0.05) is 23.2 Å². The van der Waals surface area contributed by atoms with Gasteiger partial charge in [-0.3, -0.25) is 9.59 Å². The Balaban J connectivity index is 2.12. The first-order valence-corrected chi connectivity index (χ1v) is 7.17. The zero-order chi connectivity index (χ0) is 14.9. The summed E-state index contributed by atoms with van der Waals surface area (Å²) in [5.41, 5.74) is 0.427. The highest BCUT2D eigenvalue weighted by Gasteiger charge is 2.28. The number of carboxylic acid groups (broad SMARTS) is 1. The van der Waals surface area contributed by atoms with Crippen LogP contribution in [-0.2, 0) is 11.8 Å². The fourth-order valence-electron chi connectivity index (χ4n) is 2.57. The molecule has 0 aromatic carbocycles. The minimum Gasteiger partial charge on any atom is -0.481 e. The number of carbonyl (C=O) groups is 2. The van der Waals surface area contributed by atoms with Crippen LogP contribution >= 0.6 is 23.2 Å². The molecule has 0 bridgehead atoms. The average Bonchev–Trinajstić information content (AvgIpc) is 2.65. The van der Waals surface area contributed by atoms with E-state index in [1.54, 1.807) is 22.6 Å². The van der Waals surface area contributed by atoms with Gasteiger partial charge in [0.05, 0.1) is 5.02 Å². The minimum atomic E-state index is -0.825. The Morgan fingerprint density at radius 3 is 2.70 bits per heavy atom. The van der Waals surface area contributed by atoms with Crippen LogP contribution in [0.25, 0.3) is 0 Å². The number of aromatic nitrogens is 1. The molecule has 110 valence electrons. The Morgan fingerprint density at radius 1 is 1.45 bits per heavy atom. The van der Waals surface area contributed by atoms with Crippen LogP contribution < -0.4 is 0 Å². The molecule has 0 spiro atoms. The second-order valence-electron chi connectivity index (χ2n) is 5.08. The molecule has 2 heterocycles. The lowest BCUT2D eigenvalue weighted by Crippen LogP contribution is -2.41. The molecule has 1 fully saturated rings. The summed E-state index contributed by atoms with van der Waals surface area (Å²) in [5.74, 6) is -0.970. The second-order valence-corrected chi connectivity index (χ2v) is 5.85. The Hall–Kier alpha value is -1.20. The van der Waals surface area contributed by atoms with E-state index in [2.05, 4.69) is 0 Å². The smallest absolute Gasteiger partial charge is 0.303 e. The summed E-state index contributed by atoms with van der Waals surface area (Å²) < 4.78 is 1.55. The molecule has 1 atom stereocenters. The van der Waals surface area contributed by atoms with Crippen LogP contribution in [0.5, 0.6) is 0 Å². The van der Waals surface area contributed by atoms with Gasteiger partial charge in [0.2, 0.25) is 0 Å². The Labute approximate surface area is 127 Å². The maximum Gasteiger partial charge on any atom is 0.303 e. The lowest BCUT2D eigenvalue weighted by atomic mass is 9.94. The number of likely N-dealkylation sites (tertiary alicyclic amines) is 1. The van der Waals surface area contributed by atoms with E-state index in [1.165, 1.54) is 0 Å². The molecular weight excluding hydrogens is 303 g/mol. The summed E-state index contributed by atoms with van der Waals surface area (Å²) in [6.45, 7) is 1.10. The number of hydrogen-bond donors (Lipinski definition) is 1. The number of amides is 1. The summed E-state index contributed by atoms with van der Waals surface area (Å²) in [5, 5.41) is 9.52. The first-order chi connectivity index (χ1) is 9.40. The maximum atomic E-state index is 12.5. The monoisotopic (exact) mass is 318 g/mol.